The largest absolute Gasteiger partial charge is 0.462 e. The van der Waals surface area contributed by atoms with Crippen molar-refractivity contribution in [2.24, 2.45) is 21.7 Å². The fourth-order valence-electron chi connectivity index (χ4n) is 6.75. The van der Waals surface area contributed by atoms with Crippen LogP contribution in [0.4, 0.5) is 0 Å². The molecule has 0 spiro atoms. The minimum atomic E-state index is -1.66. The second-order valence-corrected chi connectivity index (χ2v) is 20.6. The lowest BCUT2D eigenvalue weighted by molar-refractivity contribution is -0.379. The molecule has 1 amide bonds. The maximum Gasteiger partial charge on any atom is 0.311 e. The van der Waals surface area contributed by atoms with Crippen LogP contribution in [0.15, 0.2) is 60.7 Å². The number of nitrogens with one attached hydrogen (secondary N) is 1. The van der Waals surface area contributed by atoms with E-state index in [-0.39, 0.29) is 13.2 Å². The van der Waals surface area contributed by atoms with E-state index in [1.807, 2.05) is 60.7 Å². The summed E-state index contributed by atoms with van der Waals surface area (Å²) in [5.74, 6) is -3.22. The number of ether oxygens (including phenoxy) is 10. The third kappa shape index (κ3) is 13.1. The highest BCUT2D eigenvalue weighted by molar-refractivity contribution is 5.78. The van der Waals surface area contributed by atoms with E-state index in [1.54, 1.807) is 83.1 Å². The number of hydrogen-bond donors (Lipinski definition) is 1. The van der Waals surface area contributed by atoms with Crippen LogP contribution in [0.2, 0.25) is 0 Å². The van der Waals surface area contributed by atoms with E-state index >= 15 is 0 Å². The molecule has 0 bridgehead atoms. The summed E-state index contributed by atoms with van der Waals surface area (Å²) in [4.78, 5) is 68.2. The summed E-state index contributed by atoms with van der Waals surface area (Å²) in [6.07, 6.45) is -12.9. The van der Waals surface area contributed by atoms with E-state index in [2.05, 4.69) is 5.32 Å². The van der Waals surface area contributed by atoms with Crippen LogP contribution in [-0.4, -0.2) is 104 Å². The Balaban J connectivity index is 1.67. The molecule has 1 unspecified atom stereocenters. The molecule has 2 aromatic carbocycles. The van der Waals surface area contributed by atoms with Gasteiger partial charge in [-0.15, -0.1) is 0 Å². The first-order valence-corrected chi connectivity index (χ1v) is 21.8. The molecule has 16 nitrogen and oxygen atoms in total. The Morgan fingerprint density at radius 2 is 1.12 bits per heavy atom. The maximum atomic E-state index is 14.0. The molecule has 1 N–H and O–H groups in total. The first-order valence-electron chi connectivity index (χ1n) is 21.8. The summed E-state index contributed by atoms with van der Waals surface area (Å²) in [6.45, 7) is 20.7. The summed E-state index contributed by atoms with van der Waals surface area (Å²) in [5, 5.41) is 2.94. The van der Waals surface area contributed by atoms with Crippen molar-refractivity contribution in [1.29, 1.82) is 0 Å². The van der Waals surface area contributed by atoms with Crippen LogP contribution in [0.25, 0.3) is 0 Å². The minimum absolute atomic E-state index is 0.0120. The lowest BCUT2D eigenvalue weighted by atomic mass is 9.92. The Morgan fingerprint density at radius 3 is 1.66 bits per heavy atom. The Hall–Kier alpha value is -4.45. The van der Waals surface area contributed by atoms with Gasteiger partial charge in [0.1, 0.15) is 37.1 Å². The second-order valence-electron chi connectivity index (χ2n) is 20.6. The molecule has 3 fully saturated rings. The van der Waals surface area contributed by atoms with Crippen molar-refractivity contribution in [3.63, 3.8) is 0 Å². The summed E-state index contributed by atoms with van der Waals surface area (Å²) >= 11 is 0. The maximum absolute atomic E-state index is 14.0. The van der Waals surface area contributed by atoms with Crippen molar-refractivity contribution in [2.75, 3.05) is 13.2 Å². The second kappa shape index (κ2) is 20.4. The SMILES string of the molecule is CC(=O)N[C@H]1[C@@H](OCc2ccccc2)O[C@@H]2COC(c3ccccc3)O[C@@H]2[C@@H]1O[C@H]1O[C@H](COC(=O)C(C)(C)C)[C@H](OC(=O)C(C)(C)C)[C@H](OC(=O)C(C)(C)C)[C@H]1OC(=O)C(C)(C)C. The molecular formula is C48H67NO15. The van der Waals surface area contributed by atoms with Gasteiger partial charge in [-0.1, -0.05) is 60.7 Å². The summed E-state index contributed by atoms with van der Waals surface area (Å²) in [6, 6.07) is 17.5. The predicted molar refractivity (Wildman–Crippen MR) is 229 cm³/mol. The molecule has 0 saturated carbocycles. The zero-order valence-electron chi connectivity index (χ0n) is 39.4. The van der Waals surface area contributed by atoms with E-state index in [0.29, 0.717) is 5.56 Å². The van der Waals surface area contributed by atoms with Crippen LogP contribution in [0, 0.1) is 21.7 Å². The van der Waals surface area contributed by atoms with Gasteiger partial charge in [-0.25, -0.2) is 0 Å². The number of fused-ring (bicyclic) bond motifs is 1. The molecule has 0 aliphatic carbocycles. The van der Waals surface area contributed by atoms with E-state index in [4.69, 9.17) is 47.4 Å². The van der Waals surface area contributed by atoms with Crippen molar-refractivity contribution in [1.82, 2.24) is 5.32 Å². The van der Waals surface area contributed by atoms with Gasteiger partial charge in [-0.05, 0) is 88.6 Å². The van der Waals surface area contributed by atoms with E-state index < -0.39 is 126 Å². The summed E-state index contributed by atoms with van der Waals surface area (Å²) in [5.41, 5.74) is -2.70. The molecule has 16 heteroatoms. The highest BCUT2D eigenvalue weighted by Gasteiger charge is 2.59. The van der Waals surface area contributed by atoms with Gasteiger partial charge in [0, 0.05) is 12.5 Å². The Kier molecular flexibility index (Phi) is 16.1. The van der Waals surface area contributed by atoms with E-state index in [1.165, 1.54) is 6.92 Å². The highest BCUT2D eigenvalue weighted by atomic mass is 16.8. The molecule has 64 heavy (non-hydrogen) atoms. The minimum Gasteiger partial charge on any atom is -0.462 e. The molecule has 3 heterocycles. The molecule has 5 rings (SSSR count). The van der Waals surface area contributed by atoms with Gasteiger partial charge < -0.3 is 52.7 Å². The average Bonchev–Trinajstić information content (AvgIpc) is 3.20. The van der Waals surface area contributed by atoms with E-state index in [9.17, 15) is 24.0 Å². The van der Waals surface area contributed by atoms with Crippen LogP contribution < -0.4 is 5.32 Å². The zero-order valence-corrected chi connectivity index (χ0v) is 39.4. The molecular weight excluding hydrogens is 831 g/mol. The van der Waals surface area contributed by atoms with Crippen LogP contribution in [0.3, 0.4) is 0 Å². The van der Waals surface area contributed by atoms with Gasteiger partial charge in [0.15, 0.2) is 37.2 Å². The highest BCUT2D eigenvalue weighted by Crippen LogP contribution is 2.40. The van der Waals surface area contributed by atoms with Crippen molar-refractivity contribution >= 4 is 29.8 Å². The molecule has 0 radical (unpaired) electrons. The number of hydrogen-bond acceptors (Lipinski definition) is 15. The molecule has 3 saturated heterocycles. The Morgan fingerprint density at radius 1 is 0.609 bits per heavy atom. The van der Waals surface area contributed by atoms with Gasteiger partial charge >= 0.3 is 23.9 Å². The molecule has 2 aromatic rings. The lowest BCUT2D eigenvalue weighted by Gasteiger charge is -2.51. The number of esters is 4. The van der Waals surface area contributed by atoms with Crippen molar-refractivity contribution in [2.45, 2.75) is 164 Å². The van der Waals surface area contributed by atoms with Gasteiger partial charge in [0.05, 0.1) is 34.9 Å². The molecule has 3 aliphatic rings. The van der Waals surface area contributed by atoms with Gasteiger partial charge in [-0.2, -0.15) is 0 Å². The number of amides is 1. The lowest BCUT2D eigenvalue weighted by Crippen LogP contribution is -2.70. The summed E-state index contributed by atoms with van der Waals surface area (Å²) < 4.78 is 63.8. The molecule has 3 aliphatic heterocycles. The zero-order chi connectivity index (χ0) is 47.4. The normalized spacial score (nSPS) is 28.8. The van der Waals surface area contributed by atoms with Crippen LogP contribution >= 0.6 is 0 Å². The molecule has 0 aromatic heterocycles. The van der Waals surface area contributed by atoms with Crippen molar-refractivity contribution in [3.05, 3.63) is 71.8 Å². The fourth-order valence-corrected chi connectivity index (χ4v) is 6.75. The smallest absolute Gasteiger partial charge is 0.311 e. The number of benzene rings is 2. The predicted octanol–water partition coefficient (Wildman–Crippen LogP) is 6.12. The van der Waals surface area contributed by atoms with E-state index in [0.717, 1.165) is 5.56 Å². The number of carbonyl (C=O) groups is 5. The van der Waals surface area contributed by atoms with Crippen LogP contribution in [-0.2, 0) is 77.9 Å². The molecule has 354 valence electrons. The Labute approximate surface area is 376 Å². The monoisotopic (exact) mass is 897 g/mol. The topological polar surface area (TPSA) is 190 Å². The first kappa shape index (κ1) is 50.5. The fraction of sp³-hybridized carbons (Fsp3) is 0.646. The quantitative estimate of drug-likeness (QED) is 0.189. The standard InChI is InChI=1S/C48H67NO15/c1-27(50)49-32-35(33-30(25-56-38(60-33)29-22-18-15-19-23-29)58-39(32)55-24-28-20-16-14-17-21-28)61-40-37(64-44(54)48(11,12)13)36(63-43(53)47(8,9)10)34(62-42(52)46(5,6)7)31(59-40)26-57-41(51)45(2,3)4/h14-23,30-40H,24-26H2,1-13H3,(H,49,50)/t30-,31-,32-,33+,34+,35-,36+,37-,38?,39+,40-/m1/s1. The third-order valence-corrected chi connectivity index (χ3v) is 10.5. The van der Waals surface area contributed by atoms with Gasteiger partial charge in [0.25, 0.3) is 0 Å². The first-order chi connectivity index (χ1) is 29.7. The van der Waals surface area contributed by atoms with Crippen molar-refractivity contribution < 1.29 is 71.3 Å². The van der Waals surface area contributed by atoms with Crippen LogP contribution in [0.5, 0.6) is 0 Å². The number of carbonyl (C=O) groups excluding carboxylic acids is 5. The van der Waals surface area contributed by atoms with Gasteiger partial charge in [-0.3, -0.25) is 24.0 Å². The van der Waals surface area contributed by atoms with Gasteiger partial charge in [0.2, 0.25) is 5.91 Å². The number of rotatable bonds is 12. The third-order valence-electron chi connectivity index (χ3n) is 10.5. The average molecular weight is 898 g/mol. The van der Waals surface area contributed by atoms with Crippen molar-refractivity contribution in [3.8, 4) is 0 Å². The summed E-state index contributed by atoms with van der Waals surface area (Å²) in [7, 11) is 0. The molecule has 11 atom stereocenters. The Bertz CT molecular complexity index is 1910. The van der Waals surface area contributed by atoms with Crippen LogP contribution in [0.1, 0.15) is 107 Å².